The molecule has 0 bridgehead atoms. The minimum Gasteiger partial charge on any atom is -0.481 e. The molecule has 2 aromatic rings. The maximum absolute atomic E-state index is 12.5. The van der Waals surface area contributed by atoms with Gasteiger partial charge in [0.15, 0.2) is 6.10 Å². The van der Waals surface area contributed by atoms with Crippen LogP contribution in [0, 0.1) is 5.92 Å². The average Bonchev–Trinajstić information content (AvgIpc) is 2.55. The van der Waals surface area contributed by atoms with Gasteiger partial charge in [0.1, 0.15) is 5.75 Å². The lowest BCUT2D eigenvalue weighted by molar-refractivity contribution is -0.128. The summed E-state index contributed by atoms with van der Waals surface area (Å²) < 4.78 is 5.71. The van der Waals surface area contributed by atoms with E-state index in [-0.39, 0.29) is 11.9 Å². The van der Waals surface area contributed by atoms with Crippen molar-refractivity contribution < 1.29 is 9.53 Å². The normalized spacial score (nSPS) is 13.4. The molecule has 23 heavy (non-hydrogen) atoms. The van der Waals surface area contributed by atoms with Crippen LogP contribution in [0.15, 0.2) is 60.7 Å². The third-order valence-corrected chi connectivity index (χ3v) is 3.65. The monoisotopic (exact) mass is 311 g/mol. The molecule has 1 amide bonds. The molecule has 0 aliphatic heterocycles. The Labute approximate surface area is 138 Å². The summed E-state index contributed by atoms with van der Waals surface area (Å²) in [7, 11) is 0. The molecule has 2 rings (SSSR count). The number of carbonyl (C=O) groups excluding carboxylic acids is 1. The highest BCUT2D eigenvalue weighted by molar-refractivity contribution is 5.81. The Balaban J connectivity index is 2.02. The molecule has 3 heteroatoms. The quantitative estimate of drug-likeness (QED) is 0.825. The summed E-state index contributed by atoms with van der Waals surface area (Å²) in [4.78, 5) is 12.5. The second kappa shape index (κ2) is 8.37. The molecular weight excluding hydrogens is 286 g/mol. The first-order valence-corrected chi connectivity index (χ1v) is 8.13. The van der Waals surface area contributed by atoms with Crippen LogP contribution in [0.2, 0.25) is 0 Å². The highest BCUT2D eigenvalue weighted by Gasteiger charge is 2.21. The Morgan fingerprint density at radius 2 is 1.52 bits per heavy atom. The van der Waals surface area contributed by atoms with Gasteiger partial charge in [0.25, 0.3) is 5.91 Å². The third kappa shape index (κ3) is 5.44. The van der Waals surface area contributed by atoms with Crippen molar-refractivity contribution in [3.05, 3.63) is 66.2 Å². The number of hydrogen-bond donors (Lipinski definition) is 1. The SMILES string of the molecule is CC(C)C[C@H](NC(=O)[C@H](C)Oc1ccccc1)c1ccccc1. The van der Waals surface area contributed by atoms with Crippen LogP contribution in [0.25, 0.3) is 0 Å². The number of nitrogens with one attached hydrogen (secondary N) is 1. The topological polar surface area (TPSA) is 38.3 Å². The fourth-order valence-corrected chi connectivity index (χ4v) is 2.48. The largest absolute Gasteiger partial charge is 0.481 e. The Morgan fingerprint density at radius 1 is 0.957 bits per heavy atom. The molecule has 0 heterocycles. The first-order chi connectivity index (χ1) is 11.1. The summed E-state index contributed by atoms with van der Waals surface area (Å²) >= 11 is 0. The zero-order valence-corrected chi connectivity index (χ0v) is 14.0. The van der Waals surface area contributed by atoms with Crippen LogP contribution >= 0.6 is 0 Å². The molecule has 122 valence electrons. The highest BCUT2D eigenvalue weighted by Crippen LogP contribution is 2.21. The second-order valence-electron chi connectivity index (χ2n) is 6.17. The van der Waals surface area contributed by atoms with Crippen molar-refractivity contribution in [1.29, 1.82) is 0 Å². The van der Waals surface area contributed by atoms with E-state index < -0.39 is 6.10 Å². The predicted molar refractivity (Wildman–Crippen MR) is 93.3 cm³/mol. The summed E-state index contributed by atoms with van der Waals surface area (Å²) in [6.07, 6.45) is 0.365. The molecule has 0 radical (unpaired) electrons. The van der Waals surface area contributed by atoms with E-state index in [1.54, 1.807) is 6.92 Å². The Kier molecular flexibility index (Phi) is 6.21. The number of ether oxygens (including phenoxy) is 1. The van der Waals surface area contributed by atoms with Crippen LogP contribution < -0.4 is 10.1 Å². The molecule has 0 spiro atoms. The molecule has 0 saturated carbocycles. The lowest BCUT2D eigenvalue weighted by Crippen LogP contribution is -2.39. The van der Waals surface area contributed by atoms with Crippen LogP contribution in [0.5, 0.6) is 5.75 Å². The van der Waals surface area contributed by atoms with Crippen molar-refractivity contribution in [3.63, 3.8) is 0 Å². The number of carbonyl (C=O) groups is 1. The van der Waals surface area contributed by atoms with E-state index in [9.17, 15) is 4.79 Å². The van der Waals surface area contributed by atoms with Crippen molar-refractivity contribution in [3.8, 4) is 5.75 Å². The van der Waals surface area contributed by atoms with Crippen LogP contribution in [0.1, 0.15) is 38.8 Å². The minimum atomic E-state index is -0.532. The molecule has 0 saturated heterocycles. The van der Waals surface area contributed by atoms with E-state index in [4.69, 9.17) is 4.74 Å². The number of amides is 1. The van der Waals surface area contributed by atoms with E-state index in [2.05, 4.69) is 31.3 Å². The van der Waals surface area contributed by atoms with Gasteiger partial charge in [-0.1, -0.05) is 62.4 Å². The van der Waals surface area contributed by atoms with Crippen molar-refractivity contribution >= 4 is 5.91 Å². The fourth-order valence-electron chi connectivity index (χ4n) is 2.48. The molecule has 2 aromatic carbocycles. The predicted octanol–water partition coefficient (Wildman–Crippen LogP) is 4.36. The smallest absolute Gasteiger partial charge is 0.261 e. The first kappa shape index (κ1) is 17.1. The van der Waals surface area contributed by atoms with Crippen molar-refractivity contribution in [2.24, 2.45) is 5.92 Å². The maximum Gasteiger partial charge on any atom is 0.261 e. The molecule has 1 N–H and O–H groups in total. The third-order valence-electron chi connectivity index (χ3n) is 3.65. The summed E-state index contributed by atoms with van der Waals surface area (Å²) in [6.45, 7) is 6.09. The van der Waals surface area contributed by atoms with E-state index in [1.165, 1.54) is 0 Å². The van der Waals surface area contributed by atoms with Gasteiger partial charge in [0, 0.05) is 0 Å². The van der Waals surface area contributed by atoms with Gasteiger partial charge >= 0.3 is 0 Å². The van der Waals surface area contributed by atoms with Gasteiger partial charge in [0.05, 0.1) is 6.04 Å². The molecule has 0 aliphatic rings. The second-order valence-corrected chi connectivity index (χ2v) is 6.17. The van der Waals surface area contributed by atoms with Gasteiger partial charge in [-0.25, -0.2) is 0 Å². The van der Waals surface area contributed by atoms with Gasteiger partial charge in [-0.05, 0) is 37.0 Å². The molecule has 0 unspecified atom stereocenters. The number of hydrogen-bond acceptors (Lipinski definition) is 2. The van der Waals surface area contributed by atoms with Crippen molar-refractivity contribution in [2.75, 3.05) is 0 Å². The first-order valence-electron chi connectivity index (χ1n) is 8.13. The Hall–Kier alpha value is -2.29. The Morgan fingerprint density at radius 3 is 2.09 bits per heavy atom. The lowest BCUT2D eigenvalue weighted by atomic mass is 9.97. The minimum absolute atomic E-state index is 0.00511. The van der Waals surface area contributed by atoms with E-state index >= 15 is 0 Å². The number of benzene rings is 2. The van der Waals surface area contributed by atoms with Gasteiger partial charge in [-0.3, -0.25) is 4.79 Å². The summed E-state index contributed by atoms with van der Waals surface area (Å²) in [5, 5.41) is 3.12. The van der Waals surface area contributed by atoms with Crippen LogP contribution in [0.4, 0.5) is 0 Å². The van der Waals surface area contributed by atoms with Gasteiger partial charge in [0.2, 0.25) is 0 Å². The van der Waals surface area contributed by atoms with Crippen LogP contribution in [0.3, 0.4) is 0 Å². The van der Waals surface area contributed by atoms with Gasteiger partial charge in [-0.2, -0.15) is 0 Å². The van der Waals surface area contributed by atoms with Crippen LogP contribution in [-0.4, -0.2) is 12.0 Å². The summed E-state index contributed by atoms with van der Waals surface area (Å²) in [5.74, 6) is 1.10. The molecule has 2 atom stereocenters. The number of rotatable bonds is 7. The molecular formula is C20H25NO2. The maximum atomic E-state index is 12.5. The molecule has 3 nitrogen and oxygen atoms in total. The average molecular weight is 311 g/mol. The molecule has 0 aromatic heterocycles. The van der Waals surface area contributed by atoms with Crippen molar-refractivity contribution in [1.82, 2.24) is 5.32 Å². The molecule has 0 fully saturated rings. The van der Waals surface area contributed by atoms with Crippen molar-refractivity contribution in [2.45, 2.75) is 39.3 Å². The summed E-state index contributed by atoms with van der Waals surface area (Å²) in [5.41, 5.74) is 1.13. The Bertz CT molecular complexity index is 596. The zero-order valence-electron chi connectivity index (χ0n) is 14.0. The lowest BCUT2D eigenvalue weighted by Gasteiger charge is -2.23. The van der Waals surface area contributed by atoms with E-state index in [0.717, 1.165) is 12.0 Å². The van der Waals surface area contributed by atoms with Crippen LogP contribution in [-0.2, 0) is 4.79 Å². The van der Waals surface area contributed by atoms with E-state index in [0.29, 0.717) is 11.7 Å². The van der Waals surface area contributed by atoms with E-state index in [1.807, 2.05) is 48.5 Å². The van der Waals surface area contributed by atoms with Gasteiger partial charge < -0.3 is 10.1 Å². The zero-order chi connectivity index (χ0) is 16.7. The standard InChI is InChI=1S/C20H25NO2/c1-15(2)14-19(17-10-6-4-7-11-17)21-20(22)16(3)23-18-12-8-5-9-13-18/h4-13,15-16,19H,14H2,1-3H3,(H,21,22)/t16-,19-/m0/s1. The van der Waals surface area contributed by atoms with Gasteiger partial charge in [-0.15, -0.1) is 0 Å². The highest BCUT2D eigenvalue weighted by atomic mass is 16.5. The fraction of sp³-hybridized carbons (Fsp3) is 0.350. The number of para-hydroxylation sites is 1. The molecule has 0 aliphatic carbocycles. The summed E-state index contributed by atoms with van der Waals surface area (Å²) in [6, 6.07) is 19.5.